The van der Waals surface area contributed by atoms with E-state index in [1.807, 2.05) is 0 Å². The minimum absolute atomic E-state index is 0.0341. The lowest BCUT2D eigenvalue weighted by Crippen LogP contribution is -2.08. The van der Waals surface area contributed by atoms with Crippen LogP contribution in [0.2, 0.25) is 0 Å². The van der Waals surface area contributed by atoms with Gasteiger partial charge < -0.3 is 9.84 Å². The standard InChI is InChI=1S/C4H9ClO4S/c5-10(7,8)4-3-9-2-1-6/h6H,1-4H2. The molecule has 0 radical (unpaired) electrons. The fourth-order valence-electron chi connectivity index (χ4n) is 0.325. The second-order valence-corrected chi connectivity index (χ2v) is 4.48. The second kappa shape index (κ2) is 4.90. The summed E-state index contributed by atoms with van der Waals surface area (Å²) in [6.07, 6.45) is 0. The molecule has 0 fully saturated rings. The minimum Gasteiger partial charge on any atom is -0.394 e. The number of hydrogen-bond acceptors (Lipinski definition) is 4. The predicted octanol–water partition coefficient (Wildman–Crippen LogP) is -0.436. The van der Waals surface area contributed by atoms with Gasteiger partial charge in [0.05, 0.1) is 25.6 Å². The highest BCUT2D eigenvalue weighted by Gasteiger charge is 2.03. The van der Waals surface area contributed by atoms with Gasteiger partial charge in [0.15, 0.2) is 0 Å². The summed E-state index contributed by atoms with van der Waals surface area (Å²) in [4.78, 5) is 0. The SMILES string of the molecule is O=S(=O)(Cl)CCOCCO. The molecule has 4 nitrogen and oxygen atoms in total. The topological polar surface area (TPSA) is 63.6 Å². The maximum absolute atomic E-state index is 10.2. The van der Waals surface area contributed by atoms with Crippen LogP contribution in [0.25, 0.3) is 0 Å². The van der Waals surface area contributed by atoms with E-state index in [1.165, 1.54) is 0 Å². The third kappa shape index (κ3) is 8.16. The highest BCUT2D eigenvalue weighted by molar-refractivity contribution is 8.13. The number of halogens is 1. The van der Waals surface area contributed by atoms with E-state index in [1.54, 1.807) is 0 Å². The minimum atomic E-state index is -3.44. The molecular formula is C4H9ClO4S. The maximum Gasteiger partial charge on any atom is 0.234 e. The summed E-state index contributed by atoms with van der Waals surface area (Å²) in [6, 6.07) is 0. The van der Waals surface area contributed by atoms with E-state index in [9.17, 15) is 8.42 Å². The first-order valence-corrected chi connectivity index (χ1v) is 5.15. The van der Waals surface area contributed by atoms with Gasteiger partial charge in [-0.3, -0.25) is 0 Å². The molecule has 1 N–H and O–H groups in total. The third-order valence-corrected chi connectivity index (χ3v) is 1.82. The molecule has 6 heteroatoms. The van der Waals surface area contributed by atoms with E-state index < -0.39 is 9.05 Å². The van der Waals surface area contributed by atoms with Crippen molar-refractivity contribution in [1.82, 2.24) is 0 Å². The van der Waals surface area contributed by atoms with Crippen molar-refractivity contribution in [2.24, 2.45) is 0 Å². The van der Waals surface area contributed by atoms with Crippen molar-refractivity contribution < 1.29 is 18.3 Å². The molecule has 0 atom stereocenters. The summed E-state index contributed by atoms with van der Waals surface area (Å²) >= 11 is 0. The number of aliphatic hydroxyl groups excluding tert-OH is 1. The Bertz CT molecular complexity index is 164. The Balaban J connectivity index is 3.21. The summed E-state index contributed by atoms with van der Waals surface area (Å²) < 4.78 is 25.1. The Morgan fingerprint density at radius 3 is 2.40 bits per heavy atom. The number of rotatable bonds is 5. The van der Waals surface area contributed by atoms with Gasteiger partial charge in [0.2, 0.25) is 9.05 Å². The molecule has 0 heterocycles. The van der Waals surface area contributed by atoms with Crippen LogP contribution in [-0.2, 0) is 13.8 Å². The lowest BCUT2D eigenvalue weighted by atomic mass is 10.7. The van der Waals surface area contributed by atoms with Crippen LogP contribution in [0.4, 0.5) is 0 Å². The predicted molar refractivity (Wildman–Crippen MR) is 37.5 cm³/mol. The lowest BCUT2D eigenvalue weighted by Gasteiger charge is -1.97. The molecule has 0 saturated heterocycles. The van der Waals surface area contributed by atoms with Crippen molar-refractivity contribution in [3.8, 4) is 0 Å². The quantitative estimate of drug-likeness (QED) is 0.470. The first kappa shape index (κ1) is 10.2. The molecule has 62 valence electrons. The van der Waals surface area contributed by atoms with Gasteiger partial charge >= 0.3 is 0 Å². The third-order valence-electron chi connectivity index (χ3n) is 0.707. The van der Waals surface area contributed by atoms with E-state index in [4.69, 9.17) is 15.8 Å². The van der Waals surface area contributed by atoms with Crippen LogP contribution in [-0.4, -0.2) is 39.1 Å². The van der Waals surface area contributed by atoms with Crippen molar-refractivity contribution in [2.45, 2.75) is 0 Å². The van der Waals surface area contributed by atoms with Crippen LogP contribution in [0.5, 0.6) is 0 Å². The number of aliphatic hydroxyl groups is 1. The van der Waals surface area contributed by atoms with Crippen molar-refractivity contribution in [2.75, 3.05) is 25.6 Å². The average Bonchev–Trinajstić information content (AvgIpc) is 1.78. The molecule has 0 aromatic rings. The van der Waals surface area contributed by atoms with Gasteiger partial charge in [-0.05, 0) is 0 Å². The van der Waals surface area contributed by atoms with Gasteiger partial charge in [-0.25, -0.2) is 8.42 Å². The van der Waals surface area contributed by atoms with E-state index in [2.05, 4.69) is 4.74 Å². The Labute approximate surface area is 64.2 Å². The molecule has 0 spiro atoms. The second-order valence-electron chi connectivity index (χ2n) is 1.58. The Kier molecular flexibility index (Phi) is 4.98. The van der Waals surface area contributed by atoms with Crippen LogP contribution < -0.4 is 0 Å². The van der Waals surface area contributed by atoms with Crippen LogP contribution >= 0.6 is 10.7 Å². The van der Waals surface area contributed by atoms with Crippen LogP contribution in [0, 0.1) is 0 Å². The molecule has 0 aliphatic carbocycles. The van der Waals surface area contributed by atoms with Crippen LogP contribution in [0.1, 0.15) is 0 Å². The van der Waals surface area contributed by atoms with Gasteiger partial charge in [-0.2, -0.15) is 0 Å². The Morgan fingerprint density at radius 2 is 2.00 bits per heavy atom. The Hall–Kier alpha value is 0.160. The zero-order valence-electron chi connectivity index (χ0n) is 5.29. The largest absolute Gasteiger partial charge is 0.394 e. The molecule has 0 amide bonds. The summed E-state index contributed by atoms with van der Waals surface area (Å²) in [5, 5.41) is 8.19. The molecule has 0 aliphatic rings. The molecule has 10 heavy (non-hydrogen) atoms. The van der Waals surface area contributed by atoms with Crippen LogP contribution in [0.3, 0.4) is 0 Å². The van der Waals surface area contributed by atoms with E-state index in [0.29, 0.717) is 0 Å². The van der Waals surface area contributed by atoms with Gasteiger partial charge in [-0.1, -0.05) is 0 Å². The van der Waals surface area contributed by atoms with Crippen molar-refractivity contribution >= 4 is 19.7 Å². The smallest absolute Gasteiger partial charge is 0.234 e. The van der Waals surface area contributed by atoms with Gasteiger partial charge in [0, 0.05) is 10.7 Å². The van der Waals surface area contributed by atoms with E-state index in [0.717, 1.165) is 0 Å². The molecule has 0 aromatic heterocycles. The van der Waals surface area contributed by atoms with E-state index in [-0.39, 0.29) is 25.6 Å². The summed E-state index contributed by atoms with van der Waals surface area (Å²) in [5.41, 5.74) is 0. The first-order valence-electron chi connectivity index (χ1n) is 2.67. The monoisotopic (exact) mass is 188 g/mol. The molecular weight excluding hydrogens is 180 g/mol. The molecule has 0 rings (SSSR count). The number of hydrogen-bond donors (Lipinski definition) is 1. The van der Waals surface area contributed by atoms with E-state index >= 15 is 0 Å². The lowest BCUT2D eigenvalue weighted by molar-refractivity contribution is 0.103. The average molecular weight is 189 g/mol. The highest BCUT2D eigenvalue weighted by atomic mass is 35.7. The summed E-state index contributed by atoms with van der Waals surface area (Å²) in [5.74, 6) is -0.214. The maximum atomic E-state index is 10.2. The van der Waals surface area contributed by atoms with Gasteiger partial charge in [-0.15, -0.1) is 0 Å². The van der Waals surface area contributed by atoms with Gasteiger partial charge in [0.25, 0.3) is 0 Å². The summed E-state index contributed by atoms with van der Waals surface area (Å²) in [6.45, 7) is 0.0706. The molecule has 0 bridgehead atoms. The zero-order valence-corrected chi connectivity index (χ0v) is 6.86. The molecule has 0 unspecified atom stereocenters. The Morgan fingerprint density at radius 1 is 1.40 bits per heavy atom. The van der Waals surface area contributed by atoms with Crippen LogP contribution in [0.15, 0.2) is 0 Å². The molecule has 0 saturated carbocycles. The van der Waals surface area contributed by atoms with Gasteiger partial charge in [0.1, 0.15) is 0 Å². The summed E-state index contributed by atoms with van der Waals surface area (Å²) in [7, 11) is 1.40. The fourth-order valence-corrected chi connectivity index (χ4v) is 0.831. The number of ether oxygens (including phenoxy) is 1. The highest BCUT2D eigenvalue weighted by Crippen LogP contribution is 1.94. The molecule has 0 aromatic carbocycles. The van der Waals surface area contributed by atoms with Crippen molar-refractivity contribution in [1.29, 1.82) is 0 Å². The zero-order chi connectivity index (χ0) is 8.04. The van der Waals surface area contributed by atoms with Crippen molar-refractivity contribution in [3.05, 3.63) is 0 Å². The normalized spacial score (nSPS) is 11.8. The first-order chi connectivity index (χ1) is 4.56. The molecule has 0 aliphatic heterocycles. The fraction of sp³-hybridized carbons (Fsp3) is 1.00. The van der Waals surface area contributed by atoms with Crippen molar-refractivity contribution in [3.63, 3.8) is 0 Å².